The van der Waals surface area contributed by atoms with E-state index in [2.05, 4.69) is 50.2 Å². The Bertz CT molecular complexity index is 971. The summed E-state index contributed by atoms with van der Waals surface area (Å²) in [6.45, 7) is 5.62. The number of carbonyl (C=O) groups is 1. The van der Waals surface area contributed by atoms with E-state index in [9.17, 15) is 4.79 Å². The largest absolute Gasteiger partial charge is 0.487 e. The van der Waals surface area contributed by atoms with E-state index >= 15 is 0 Å². The van der Waals surface area contributed by atoms with Gasteiger partial charge in [0.25, 0.3) is 5.91 Å². The van der Waals surface area contributed by atoms with Crippen molar-refractivity contribution in [3.63, 3.8) is 0 Å². The molecular weight excluding hydrogens is 634 g/mol. The summed E-state index contributed by atoms with van der Waals surface area (Å²) in [6, 6.07) is 11.7. The van der Waals surface area contributed by atoms with Crippen LogP contribution in [0.4, 0.5) is 0 Å². The zero-order chi connectivity index (χ0) is 21.0. The molecule has 0 bridgehead atoms. The van der Waals surface area contributed by atoms with Gasteiger partial charge in [-0.15, -0.1) is 0 Å². The van der Waals surface area contributed by atoms with Crippen LogP contribution in [0, 0.1) is 7.14 Å². The summed E-state index contributed by atoms with van der Waals surface area (Å²) in [5.41, 5.74) is 1.91. The molecule has 29 heavy (non-hydrogen) atoms. The summed E-state index contributed by atoms with van der Waals surface area (Å²) in [5, 5.41) is 1.47. The number of halogens is 3. The van der Waals surface area contributed by atoms with Crippen LogP contribution in [0.5, 0.6) is 5.75 Å². The normalized spacial score (nSPS) is 16.9. The summed E-state index contributed by atoms with van der Waals surface area (Å²) in [6.07, 6.45) is 1.93. The molecule has 3 rings (SSSR count). The predicted octanol–water partition coefficient (Wildman–Crippen LogP) is 6.44. The molecule has 0 unspecified atom stereocenters. The molecule has 4 nitrogen and oxygen atoms in total. The Kier molecular flexibility index (Phi) is 8.29. The molecule has 0 spiro atoms. The Morgan fingerprint density at radius 2 is 1.90 bits per heavy atom. The highest BCUT2D eigenvalue weighted by Gasteiger charge is 2.31. The lowest BCUT2D eigenvalue weighted by Gasteiger charge is -2.12. The minimum absolute atomic E-state index is 0.00811. The van der Waals surface area contributed by atoms with Crippen LogP contribution >= 0.6 is 68.5 Å². The third-order valence-electron chi connectivity index (χ3n) is 4.15. The van der Waals surface area contributed by atoms with E-state index in [0.29, 0.717) is 29.6 Å². The molecule has 1 aliphatic rings. The number of amidine groups is 1. The van der Waals surface area contributed by atoms with Gasteiger partial charge >= 0.3 is 0 Å². The van der Waals surface area contributed by atoms with Crippen molar-refractivity contribution >= 4 is 85.7 Å². The molecule has 8 heteroatoms. The maximum absolute atomic E-state index is 12.7. The van der Waals surface area contributed by atoms with E-state index in [4.69, 9.17) is 16.3 Å². The van der Waals surface area contributed by atoms with Gasteiger partial charge in [0.1, 0.15) is 12.4 Å². The maximum atomic E-state index is 12.7. The Morgan fingerprint density at radius 3 is 2.52 bits per heavy atom. The van der Waals surface area contributed by atoms with E-state index in [1.165, 1.54) is 11.8 Å². The first-order valence-corrected chi connectivity index (χ1v) is 12.4. The standard InChI is InChI=1S/C21H19ClI2N2O2S/c1-3-25-21-26(4-2)20(27)18(29-21)11-13-9-16(23)19(17(24)10-13)28-12-14-7-5-6-8-15(14)22/h5-11H,3-4,12H2,1-2H3/b18-11-,25-21?. The second-order valence-electron chi connectivity index (χ2n) is 6.11. The Labute approximate surface area is 207 Å². The Balaban J connectivity index is 1.82. The molecule has 2 aromatic carbocycles. The van der Waals surface area contributed by atoms with E-state index < -0.39 is 0 Å². The molecule has 0 aliphatic carbocycles. The molecule has 1 heterocycles. The van der Waals surface area contributed by atoms with Crippen LogP contribution in [0.1, 0.15) is 25.0 Å². The van der Waals surface area contributed by atoms with Gasteiger partial charge in [-0.25, -0.2) is 0 Å². The lowest BCUT2D eigenvalue weighted by atomic mass is 10.2. The lowest BCUT2D eigenvalue weighted by Crippen LogP contribution is -2.28. The number of ether oxygens (including phenoxy) is 1. The number of carbonyl (C=O) groups excluding carboxylic acids is 1. The maximum Gasteiger partial charge on any atom is 0.266 e. The van der Waals surface area contributed by atoms with Crippen molar-refractivity contribution in [3.8, 4) is 5.75 Å². The fourth-order valence-electron chi connectivity index (χ4n) is 2.76. The summed E-state index contributed by atoms with van der Waals surface area (Å²) in [4.78, 5) is 19.5. The van der Waals surface area contributed by atoms with Crippen molar-refractivity contribution in [1.29, 1.82) is 0 Å². The zero-order valence-electron chi connectivity index (χ0n) is 15.9. The predicted molar refractivity (Wildman–Crippen MR) is 139 cm³/mol. The lowest BCUT2D eigenvalue weighted by molar-refractivity contribution is -0.122. The van der Waals surface area contributed by atoms with Crippen LogP contribution in [0.2, 0.25) is 5.02 Å². The van der Waals surface area contributed by atoms with Crippen LogP contribution in [0.15, 0.2) is 46.3 Å². The van der Waals surface area contributed by atoms with Crippen molar-refractivity contribution in [2.24, 2.45) is 4.99 Å². The molecule has 1 fully saturated rings. The van der Waals surface area contributed by atoms with Gasteiger partial charge < -0.3 is 4.74 Å². The SMILES string of the molecule is CCN=C1S/C(=C\c2cc(I)c(OCc3ccccc3Cl)c(I)c2)C(=O)N1CC. The van der Waals surface area contributed by atoms with Crippen molar-refractivity contribution < 1.29 is 9.53 Å². The first kappa shape index (κ1) is 22.9. The number of aliphatic imine (C=N–C) groups is 1. The van der Waals surface area contributed by atoms with E-state index in [1.807, 2.05) is 56.3 Å². The van der Waals surface area contributed by atoms with Crippen molar-refractivity contribution in [2.75, 3.05) is 13.1 Å². The summed E-state index contributed by atoms with van der Waals surface area (Å²) >= 11 is 12.2. The molecular formula is C21H19ClI2N2O2S. The van der Waals surface area contributed by atoms with Crippen LogP contribution in [0.3, 0.4) is 0 Å². The molecule has 0 N–H and O–H groups in total. The van der Waals surface area contributed by atoms with Gasteiger partial charge in [0.05, 0.1) is 12.0 Å². The molecule has 1 saturated heterocycles. The second kappa shape index (κ2) is 10.5. The minimum atomic E-state index is 0.00811. The van der Waals surface area contributed by atoms with Gasteiger partial charge in [0.2, 0.25) is 0 Å². The molecule has 2 aromatic rings. The third-order valence-corrected chi connectivity index (χ3v) is 7.16. The zero-order valence-corrected chi connectivity index (χ0v) is 21.8. The first-order valence-electron chi connectivity index (χ1n) is 9.05. The van der Waals surface area contributed by atoms with Crippen LogP contribution in [0.25, 0.3) is 6.08 Å². The van der Waals surface area contributed by atoms with Crippen LogP contribution in [-0.2, 0) is 11.4 Å². The Morgan fingerprint density at radius 1 is 1.21 bits per heavy atom. The van der Waals surface area contributed by atoms with Crippen molar-refractivity contribution in [1.82, 2.24) is 4.90 Å². The van der Waals surface area contributed by atoms with Crippen molar-refractivity contribution in [3.05, 3.63) is 64.6 Å². The fraction of sp³-hybridized carbons (Fsp3) is 0.238. The number of hydrogen-bond donors (Lipinski definition) is 0. The number of rotatable bonds is 6. The van der Waals surface area contributed by atoms with Crippen molar-refractivity contribution in [2.45, 2.75) is 20.5 Å². The quantitative estimate of drug-likeness (QED) is 0.267. The summed E-state index contributed by atoms with van der Waals surface area (Å²) in [5.74, 6) is 0.829. The average Bonchev–Trinajstić information content (AvgIpc) is 2.97. The van der Waals surface area contributed by atoms with Crippen LogP contribution in [-0.4, -0.2) is 29.1 Å². The Hall–Kier alpha value is -0.780. The highest BCUT2D eigenvalue weighted by atomic mass is 127. The number of thioether (sulfide) groups is 1. The second-order valence-corrected chi connectivity index (χ2v) is 9.85. The molecule has 1 amide bonds. The number of hydrogen-bond acceptors (Lipinski definition) is 4. The molecule has 1 aliphatic heterocycles. The molecule has 0 saturated carbocycles. The monoisotopic (exact) mass is 652 g/mol. The molecule has 0 aromatic heterocycles. The number of likely N-dealkylation sites (N-methyl/N-ethyl adjacent to an activating group) is 1. The highest BCUT2D eigenvalue weighted by molar-refractivity contribution is 14.1. The highest BCUT2D eigenvalue weighted by Crippen LogP contribution is 2.35. The smallest absolute Gasteiger partial charge is 0.266 e. The van der Waals surface area contributed by atoms with Gasteiger partial charge in [-0.3, -0.25) is 14.7 Å². The molecule has 152 valence electrons. The summed E-state index contributed by atoms with van der Waals surface area (Å²) < 4.78 is 8.01. The number of nitrogens with zero attached hydrogens (tertiary/aromatic N) is 2. The van der Waals surface area contributed by atoms with Gasteiger partial charge in [0.15, 0.2) is 5.17 Å². The minimum Gasteiger partial charge on any atom is -0.487 e. The fourth-order valence-corrected chi connectivity index (χ4v) is 6.18. The van der Waals surface area contributed by atoms with E-state index in [1.54, 1.807) is 4.90 Å². The van der Waals surface area contributed by atoms with Crippen LogP contribution < -0.4 is 4.74 Å². The van der Waals surface area contributed by atoms with E-state index in [-0.39, 0.29) is 5.91 Å². The number of benzene rings is 2. The van der Waals surface area contributed by atoms with E-state index in [0.717, 1.165) is 29.2 Å². The third kappa shape index (κ3) is 5.48. The topological polar surface area (TPSA) is 41.9 Å². The number of amides is 1. The van der Waals surface area contributed by atoms with Gasteiger partial charge in [-0.1, -0.05) is 29.8 Å². The molecule has 0 radical (unpaired) electrons. The molecule has 0 atom stereocenters. The van der Waals surface area contributed by atoms with Gasteiger partial charge in [-0.2, -0.15) is 0 Å². The first-order chi connectivity index (χ1) is 13.9. The van der Waals surface area contributed by atoms with Gasteiger partial charge in [-0.05, 0) is 101 Å². The average molecular weight is 653 g/mol. The summed E-state index contributed by atoms with van der Waals surface area (Å²) in [7, 11) is 0. The van der Waals surface area contributed by atoms with Gasteiger partial charge in [0, 0.05) is 23.7 Å².